The van der Waals surface area contributed by atoms with Crippen LogP contribution in [0.4, 0.5) is 0 Å². The lowest BCUT2D eigenvalue weighted by molar-refractivity contribution is 0.0369. The van der Waals surface area contributed by atoms with Gasteiger partial charge in [-0.1, -0.05) is 12.1 Å². The maximum Gasteiger partial charge on any atom is 0.211 e. The molecule has 6 heteroatoms. The Morgan fingerprint density at radius 1 is 1.40 bits per heavy atom. The number of primary sulfonamides is 1. The van der Waals surface area contributed by atoms with Gasteiger partial charge in [0.2, 0.25) is 10.0 Å². The van der Waals surface area contributed by atoms with Crippen LogP contribution in [0.2, 0.25) is 0 Å². The number of ether oxygens (including phenoxy) is 1. The van der Waals surface area contributed by atoms with E-state index >= 15 is 0 Å². The predicted octanol–water partition coefficient (Wildman–Crippen LogP) is 2.48. The molecule has 2 N–H and O–H groups in total. The second-order valence-electron chi connectivity index (χ2n) is 5.42. The van der Waals surface area contributed by atoms with Gasteiger partial charge in [-0.05, 0) is 71.9 Å². The van der Waals surface area contributed by atoms with Gasteiger partial charge in [-0.15, -0.1) is 0 Å². The van der Waals surface area contributed by atoms with Crippen molar-refractivity contribution in [2.24, 2.45) is 11.1 Å². The molecule has 3 atom stereocenters. The molecule has 0 amide bonds. The Balaban J connectivity index is 2.15. The minimum absolute atomic E-state index is 0.206. The summed E-state index contributed by atoms with van der Waals surface area (Å²) in [6, 6.07) is 8.44. The monoisotopic (exact) mass is 409 g/mol. The van der Waals surface area contributed by atoms with Gasteiger partial charge in [0, 0.05) is 10.2 Å². The van der Waals surface area contributed by atoms with Crippen LogP contribution in [-0.4, -0.2) is 26.9 Å². The van der Waals surface area contributed by atoms with E-state index in [1.807, 2.05) is 0 Å². The van der Waals surface area contributed by atoms with E-state index in [4.69, 9.17) is 9.88 Å². The van der Waals surface area contributed by atoms with E-state index in [-0.39, 0.29) is 5.92 Å². The summed E-state index contributed by atoms with van der Waals surface area (Å²) < 4.78 is 29.6. The van der Waals surface area contributed by atoms with E-state index in [2.05, 4.69) is 46.9 Å². The summed E-state index contributed by atoms with van der Waals surface area (Å²) in [5, 5.41) is 4.70. The molecule has 4 nitrogen and oxygen atoms in total. The quantitative estimate of drug-likeness (QED) is 0.777. The van der Waals surface area contributed by atoms with Gasteiger partial charge in [0.05, 0.1) is 11.9 Å². The molecule has 0 aliphatic carbocycles. The molecular formula is C14H20INO3S. The average molecular weight is 409 g/mol. The molecule has 3 unspecified atom stereocenters. The van der Waals surface area contributed by atoms with E-state index in [0.717, 1.165) is 13.0 Å². The fraction of sp³-hybridized carbons (Fsp3) is 0.571. The summed E-state index contributed by atoms with van der Waals surface area (Å²) in [4.78, 5) is 0. The zero-order valence-electron chi connectivity index (χ0n) is 11.5. The van der Waals surface area contributed by atoms with Crippen molar-refractivity contribution in [1.82, 2.24) is 0 Å². The van der Waals surface area contributed by atoms with Crippen LogP contribution < -0.4 is 5.14 Å². The minimum Gasteiger partial charge on any atom is -0.381 e. The summed E-state index contributed by atoms with van der Waals surface area (Å²) in [7, 11) is -3.47. The van der Waals surface area contributed by atoms with Gasteiger partial charge in [0.25, 0.3) is 0 Å². The smallest absolute Gasteiger partial charge is 0.211 e. The lowest BCUT2D eigenvalue weighted by atomic mass is 9.80. The van der Waals surface area contributed by atoms with Gasteiger partial charge in [0.15, 0.2) is 0 Å². The molecule has 1 saturated heterocycles. The van der Waals surface area contributed by atoms with Crippen molar-refractivity contribution in [1.29, 1.82) is 0 Å². The Morgan fingerprint density at radius 2 is 2.05 bits per heavy atom. The fourth-order valence-electron chi connectivity index (χ4n) is 2.74. The number of rotatable bonds is 4. The fourth-order valence-corrected chi connectivity index (χ4v) is 3.61. The molecule has 1 heterocycles. The molecule has 1 aromatic carbocycles. The average Bonchev–Trinajstić information content (AvgIpc) is 2.39. The van der Waals surface area contributed by atoms with Crippen LogP contribution in [0.5, 0.6) is 0 Å². The number of nitrogens with two attached hydrogens (primary N) is 1. The number of hydrogen-bond donors (Lipinski definition) is 1. The first kappa shape index (κ1) is 16.2. The van der Waals surface area contributed by atoms with Gasteiger partial charge in [-0.3, -0.25) is 0 Å². The molecule has 0 bridgehead atoms. The van der Waals surface area contributed by atoms with Crippen LogP contribution in [-0.2, 0) is 14.8 Å². The number of halogens is 1. The number of hydrogen-bond acceptors (Lipinski definition) is 3. The van der Waals surface area contributed by atoms with Gasteiger partial charge in [0.1, 0.15) is 0 Å². The van der Waals surface area contributed by atoms with E-state index in [1.165, 1.54) is 9.13 Å². The first-order valence-corrected chi connectivity index (χ1v) is 9.41. The second-order valence-corrected chi connectivity index (χ2v) is 8.65. The normalized spacial score (nSPS) is 25.4. The Labute approximate surface area is 134 Å². The van der Waals surface area contributed by atoms with E-state index < -0.39 is 15.3 Å². The second kappa shape index (κ2) is 6.72. The lowest BCUT2D eigenvalue weighted by Gasteiger charge is -2.33. The summed E-state index contributed by atoms with van der Waals surface area (Å²) in [5.41, 5.74) is 1.26. The Morgan fingerprint density at radius 3 is 2.65 bits per heavy atom. The Hall–Kier alpha value is -0.180. The molecule has 1 aliphatic heterocycles. The zero-order chi connectivity index (χ0) is 14.8. The maximum atomic E-state index is 11.4. The zero-order valence-corrected chi connectivity index (χ0v) is 14.4. The number of benzene rings is 1. The van der Waals surface area contributed by atoms with Gasteiger partial charge in [-0.25, -0.2) is 13.6 Å². The van der Waals surface area contributed by atoms with Crippen LogP contribution in [0.15, 0.2) is 24.3 Å². The van der Waals surface area contributed by atoms with Gasteiger partial charge < -0.3 is 4.74 Å². The van der Waals surface area contributed by atoms with E-state index in [0.29, 0.717) is 18.9 Å². The highest BCUT2D eigenvalue weighted by molar-refractivity contribution is 14.1. The highest BCUT2D eigenvalue weighted by atomic mass is 127. The maximum absolute atomic E-state index is 11.4. The third kappa shape index (κ3) is 4.16. The van der Waals surface area contributed by atoms with Crippen LogP contribution in [0, 0.1) is 9.49 Å². The Bertz CT molecular complexity index is 544. The van der Waals surface area contributed by atoms with E-state index in [9.17, 15) is 8.42 Å². The molecule has 2 rings (SSSR count). The highest BCUT2D eigenvalue weighted by Gasteiger charge is 2.31. The molecule has 1 aromatic rings. The van der Waals surface area contributed by atoms with Gasteiger partial charge in [-0.2, -0.15) is 0 Å². The predicted molar refractivity (Wildman–Crippen MR) is 88.0 cm³/mol. The molecule has 1 aliphatic rings. The van der Waals surface area contributed by atoms with Crippen LogP contribution in [0.1, 0.15) is 31.2 Å². The largest absolute Gasteiger partial charge is 0.381 e. The first-order valence-electron chi connectivity index (χ1n) is 6.72. The molecule has 112 valence electrons. The van der Waals surface area contributed by atoms with E-state index in [1.54, 1.807) is 6.92 Å². The molecule has 0 saturated carbocycles. The molecule has 1 fully saturated rings. The number of sulfonamides is 1. The SMILES string of the molecule is CC(CC1COCCC1c1ccc(I)cc1)S(N)(=O)=O. The van der Waals surface area contributed by atoms with Crippen LogP contribution in [0.25, 0.3) is 0 Å². The van der Waals surface area contributed by atoms with Crippen LogP contribution >= 0.6 is 22.6 Å². The third-order valence-electron chi connectivity index (χ3n) is 3.97. The van der Waals surface area contributed by atoms with Crippen LogP contribution in [0.3, 0.4) is 0 Å². The molecule has 20 heavy (non-hydrogen) atoms. The van der Waals surface area contributed by atoms with Crippen molar-refractivity contribution >= 4 is 32.6 Å². The standard InChI is InChI=1S/C14H20INO3S/c1-10(20(16,17)18)8-12-9-19-7-6-14(12)11-2-4-13(15)5-3-11/h2-5,10,12,14H,6-9H2,1H3,(H2,16,17,18). The van der Waals surface area contributed by atoms with Crippen molar-refractivity contribution in [3.05, 3.63) is 33.4 Å². The molecular weight excluding hydrogens is 389 g/mol. The lowest BCUT2D eigenvalue weighted by Crippen LogP contribution is -2.33. The van der Waals surface area contributed by atoms with Crippen molar-refractivity contribution in [2.45, 2.75) is 30.9 Å². The molecule has 0 radical (unpaired) electrons. The summed E-state index contributed by atoms with van der Waals surface area (Å²) >= 11 is 2.28. The third-order valence-corrected chi connectivity index (χ3v) is 6.00. The van der Waals surface area contributed by atoms with Crippen molar-refractivity contribution < 1.29 is 13.2 Å². The summed E-state index contributed by atoms with van der Waals surface area (Å²) in [6.45, 7) is 3.02. The van der Waals surface area contributed by atoms with Crippen molar-refractivity contribution in [2.75, 3.05) is 13.2 Å². The van der Waals surface area contributed by atoms with Gasteiger partial charge >= 0.3 is 0 Å². The summed E-state index contributed by atoms with van der Waals surface area (Å²) in [5.74, 6) is 0.557. The van der Waals surface area contributed by atoms with Crippen molar-refractivity contribution in [3.8, 4) is 0 Å². The molecule has 0 aromatic heterocycles. The highest BCUT2D eigenvalue weighted by Crippen LogP contribution is 2.35. The first-order chi connectivity index (χ1) is 9.38. The van der Waals surface area contributed by atoms with Crippen molar-refractivity contribution in [3.63, 3.8) is 0 Å². The minimum atomic E-state index is -3.47. The Kier molecular flexibility index (Phi) is 5.44. The topological polar surface area (TPSA) is 69.4 Å². The summed E-state index contributed by atoms with van der Waals surface area (Å²) in [6.07, 6.45) is 1.48. The molecule has 0 spiro atoms.